The first-order valence-corrected chi connectivity index (χ1v) is 8.74. The lowest BCUT2D eigenvalue weighted by atomic mass is 10.2. The molecule has 0 unspecified atom stereocenters. The predicted octanol–water partition coefficient (Wildman–Crippen LogP) is 2.28. The fourth-order valence-electron chi connectivity index (χ4n) is 2.35. The van der Waals surface area contributed by atoms with Gasteiger partial charge in [0.1, 0.15) is 16.4 Å². The molecular formula is C16H15FN6O3S. The smallest absolute Gasteiger partial charge is 0.338 e. The Balaban J connectivity index is 1.81. The number of imidazole rings is 1. The molecule has 5 N–H and O–H groups in total. The van der Waals surface area contributed by atoms with Crippen LogP contribution >= 0.6 is 11.8 Å². The van der Waals surface area contributed by atoms with Gasteiger partial charge < -0.3 is 21.1 Å². The van der Waals surface area contributed by atoms with Crippen LogP contribution in [0.4, 0.5) is 16.0 Å². The van der Waals surface area contributed by atoms with Crippen molar-refractivity contribution in [3.8, 4) is 0 Å². The van der Waals surface area contributed by atoms with Crippen molar-refractivity contribution >= 4 is 46.4 Å². The summed E-state index contributed by atoms with van der Waals surface area (Å²) in [5.41, 5.74) is 6.31. The summed E-state index contributed by atoms with van der Waals surface area (Å²) >= 11 is 1.17. The highest BCUT2D eigenvalue weighted by atomic mass is 32.2. The maximum atomic E-state index is 13.5. The van der Waals surface area contributed by atoms with E-state index in [1.54, 1.807) is 0 Å². The zero-order chi connectivity index (χ0) is 19.6. The fraction of sp³-hybridized carbons (Fsp3) is 0.188. The standard InChI is InChI=1S/C16H15FN6O3S/c1-2-10(27-14-11-12(20-6-19-11)22-16(18)23-14)13(24)21-7-3-4-9(17)8(5-7)15(25)26/h3-6,10H,2H2,1H3,(H,21,24)(H,25,26)(H3,18,19,20,22,23)/t10-/m1/s1. The molecule has 1 amide bonds. The number of anilines is 2. The third-order valence-electron chi connectivity index (χ3n) is 3.65. The maximum absolute atomic E-state index is 13.5. The Kier molecular flexibility index (Phi) is 5.21. The van der Waals surface area contributed by atoms with Crippen molar-refractivity contribution in [1.82, 2.24) is 19.9 Å². The summed E-state index contributed by atoms with van der Waals surface area (Å²) in [7, 11) is 0. The molecule has 0 aliphatic carbocycles. The lowest BCUT2D eigenvalue weighted by molar-refractivity contribution is -0.115. The highest BCUT2D eigenvalue weighted by Crippen LogP contribution is 2.30. The molecule has 2 heterocycles. The number of carbonyl (C=O) groups excluding carboxylic acids is 1. The summed E-state index contributed by atoms with van der Waals surface area (Å²) in [6.45, 7) is 1.82. The van der Waals surface area contributed by atoms with Crippen LogP contribution in [-0.4, -0.2) is 42.2 Å². The van der Waals surface area contributed by atoms with Gasteiger partial charge in [-0.15, -0.1) is 0 Å². The molecule has 9 nitrogen and oxygen atoms in total. The second-order valence-corrected chi connectivity index (χ2v) is 6.68. The van der Waals surface area contributed by atoms with Crippen LogP contribution in [0.1, 0.15) is 23.7 Å². The number of hydrogen-bond acceptors (Lipinski definition) is 7. The van der Waals surface area contributed by atoms with Crippen molar-refractivity contribution in [3.05, 3.63) is 35.9 Å². The monoisotopic (exact) mass is 390 g/mol. The van der Waals surface area contributed by atoms with E-state index in [-0.39, 0.29) is 17.5 Å². The number of aromatic amines is 1. The Morgan fingerprint density at radius 3 is 2.89 bits per heavy atom. The van der Waals surface area contributed by atoms with Gasteiger partial charge in [-0.2, -0.15) is 4.98 Å². The predicted molar refractivity (Wildman–Crippen MR) is 98.0 cm³/mol. The van der Waals surface area contributed by atoms with Crippen molar-refractivity contribution in [2.45, 2.75) is 23.6 Å². The van der Waals surface area contributed by atoms with E-state index in [0.717, 1.165) is 12.1 Å². The van der Waals surface area contributed by atoms with E-state index >= 15 is 0 Å². The van der Waals surface area contributed by atoms with E-state index in [1.807, 2.05) is 6.92 Å². The van der Waals surface area contributed by atoms with Gasteiger partial charge in [0.2, 0.25) is 11.9 Å². The first-order valence-electron chi connectivity index (χ1n) is 7.86. The van der Waals surface area contributed by atoms with E-state index in [0.29, 0.717) is 22.6 Å². The van der Waals surface area contributed by atoms with Crippen LogP contribution in [-0.2, 0) is 4.79 Å². The van der Waals surface area contributed by atoms with Gasteiger partial charge in [-0.05, 0) is 24.6 Å². The van der Waals surface area contributed by atoms with Crippen LogP contribution in [0.5, 0.6) is 0 Å². The molecule has 0 radical (unpaired) electrons. The molecular weight excluding hydrogens is 375 g/mol. The van der Waals surface area contributed by atoms with Gasteiger partial charge in [0, 0.05) is 5.69 Å². The number of amides is 1. The van der Waals surface area contributed by atoms with Crippen molar-refractivity contribution in [3.63, 3.8) is 0 Å². The second kappa shape index (κ2) is 7.58. The number of halogens is 1. The van der Waals surface area contributed by atoms with Gasteiger partial charge >= 0.3 is 5.97 Å². The van der Waals surface area contributed by atoms with Crippen LogP contribution in [0.25, 0.3) is 11.2 Å². The van der Waals surface area contributed by atoms with Crippen LogP contribution < -0.4 is 11.1 Å². The van der Waals surface area contributed by atoms with Gasteiger partial charge in [0.05, 0.1) is 17.1 Å². The summed E-state index contributed by atoms with van der Waals surface area (Å²) in [5, 5.41) is 11.5. The number of fused-ring (bicyclic) bond motifs is 1. The summed E-state index contributed by atoms with van der Waals surface area (Å²) in [6.07, 6.45) is 1.92. The van der Waals surface area contributed by atoms with Crippen LogP contribution in [0.15, 0.2) is 29.6 Å². The van der Waals surface area contributed by atoms with Crippen LogP contribution in [0, 0.1) is 5.82 Å². The number of aromatic carboxylic acids is 1. The molecule has 140 valence electrons. The van der Waals surface area contributed by atoms with Crippen LogP contribution in [0.3, 0.4) is 0 Å². The molecule has 0 saturated carbocycles. The van der Waals surface area contributed by atoms with E-state index in [1.165, 1.54) is 24.2 Å². The number of nitrogens with one attached hydrogen (secondary N) is 2. The first-order chi connectivity index (χ1) is 12.9. The van der Waals surface area contributed by atoms with Crippen molar-refractivity contribution < 1.29 is 19.1 Å². The largest absolute Gasteiger partial charge is 0.478 e. The number of H-pyrrole nitrogens is 1. The van der Waals surface area contributed by atoms with Gasteiger partial charge in [-0.25, -0.2) is 19.2 Å². The molecule has 3 aromatic rings. The molecule has 0 fully saturated rings. The molecule has 11 heteroatoms. The summed E-state index contributed by atoms with van der Waals surface area (Å²) in [6, 6.07) is 3.36. The maximum Gasteiger partial charge on any atom is 0.338 e. The number of rotatable bonds is 6. The molecule has 0 saturated heterocycles. The minimum absolute atomic E-state index is 0.0389. The Labute approximate surface area is 156 Å². The Hall–Kier alpha value is -3.21. The Bertz CT molecular complexity index is 1020. The van der Waals surface area contributed by atoms with Gasteiger partial charge in [0.15, 0.2) is 5.65 Å². The number of aromatic nitrogens is 4. The van der Waals surface area contributed by atoms with Crippen molar-refractivity contribution in [1.29, 1.82) is 0 Å². The average Bonchev–Trinajstić information content (AvgIpc) is 3.09. The molecule has 1 aromatic carbocycles. The summed E-state index contributed by atoms with van der Waals surface area (Å²) < 4.78 is 13.5. The lowest BCUT2D eigenvalue weighted by Gasteiger charge is -2.15. The minimum Gasteiger partial charge on any atom is -0.478 e. The number of carbonyl (C=O) groups is 2. The van der Waals surface area contributed by atoms with E-state index < -0.39 is 22.6 Å². The topological polar surface area (TPSA) is 147 Å². The van der Waals surface area contributed by atoms with E-state index in [4.69, 9.17) is 10.8 Å². The second-order valence-electron chi connectivity index (χ2n) is 5.49. The third kappa shape index (κ3) is 3.97. The zero-order valence-electron chi connectivity index (χ0n) is 14.1. The molecule has 27 heavy (non-hydrogen) atoms. The lowest BCUT2D eigenvalue weighted by Crippen LogP contribution is -2.25. The summed E-state index contributed by atoms with van der Waals surface area (Å²) in [5.74, 6) is -2.63. The van der Waals surface area contributed by atoms with Gasteiger partial charge in [0.25, 0.3) is 0 Å². The zero-order valence-corrected chi connectivity index (χ0v) is 14.9. The molecule has 0 bridgehead atoms. The molecule has 3 rings (SSSR count). The van der Waals surface area contributed by atoms with Gasteiger partial charge in [-0.3, -0.25) is 4.79 Å². The molecule has 0 spiro atoms. The number of hydrogen-bond donors (Lipinski definition) is 4. The fourth-order valence-corrected chi connectivity index (χ4v) is 3.37. The number of thioether (sulfide) groups is 1. The Morgan fingerprint density at radius 1 is 1.41 bits per heavy atom. The quantitative estimate of drug-likeness (QED) is 0.370. The minimum atomic E-state index is -1.41. The highest BCUT2D eigenvalue weighted by molar-refractivity contribution is 8.00. The van der Waals surface area contributed by atoms with Crippen molar-refractivity contribution in [2.24, 2.45) is 0 Å². The normalized spacial score (nSPS) is 12.1. The van der Waals surface area contributed by atoms with E-state index in [2.05, 4.69) is 25.3 Å². The molecule has 0 aliphatic rings. The molecule has 0 aliphatic heterocycles. The average molecular weight is 390 g/mol. The number of nitrogens with zero attached hydrogens (tertiary/aromatic N) is 3. The SMILES string of the molecule is CC[C@@H](Sc1nc(N)nc2nc[nH]c12)C(=O)Nc1ccc(F)c(C(=O)O)c1. The number of carboxylic acids is 1. The number of carboxylic acid groups (broad SMARTS) is 1. The van der Waals surface area contributed by atoms with Crippen LogP contribution in [0.2, 0.25) is 0 Å². The van der Waals surface area contributed by atoms with Gasteiger partial charge in [-0.1, -0.05) is 18.7 Å². The Morgan fingerprint density at radius 2 is 2.19 bits per heavy atom. The van der Waals surface area contributed by atoms with E-state index in [9.17, 15) is 14.0 Å². The molecule has 2 aromatic heterocycles. The number of nitrogen functional groups attached to an aromatic ring is 1. The third-order valence-corrected chi connectivity index (χ3v) is 5.00. The first kappa shape index (κ1) is 18.6. The molecule has 1 atom stereocenters. The highest BCUT2D eigenvalue weighted by Gasteiger charge is 2.22. The van der Waals surface area contributed by atoms with Crippen molar-refractivity contribution in [2.75, 3.05) is 11.1 Å². The number of nitrogens with two attached hydrogens (primary N) is 1. The summed E-state index contributed by atoms with van der Waals surface area (Å²) in [4.78, 5) is 38.7. The number of benzene rings is 1.